The second-order valence-electron chi connectivity index (χ2n) is 4.28. The molecule has 14 heavy (non-hydrogen) atoms. The number of nitrogens with one attached hydrogen (secondary N) is 1. The first kappa shape index (κ1) is 9.71. The quantitative estimate of drug-likeness (QED) is 0.720. The molecule has 0 atom stereocenters. The minimum Gasteiger partial charge on any atom is -0.315 e. The predicted octanol–water partition coefficient (Wildman–Crippen LogP) is 1.58. The second-order valence-corrected chi connectivity index (χ2v) is 4.28. The van der Waals surface area contributed by atoms with Crippen molar-refractivity contribution in [2.75, 3.05) is 13.1 Å². The van der Waals surface area contributed by atoms with E-state index < -0.39 is 0 Å². The van der Waals surface area contributed by atoms with Gasteiger partial charge in [-0.25, -0.2) is 0 Å². The molecule has 1 aliphatic rings. The van der Waals surface area contributed by atoms with E-state index in [1.807, 2.05) is 10.9 Å². The highest BCUT2D eigenvalue weighted by Crippen LogP contribution is 2.24. The van der Waals surface area contributed by atoms with Gasteiger partial charge in [-0.2, -0.15) is 5.10 Å². The van der Waals surface area contributed by atoms with Crippen molar-refractivity contribution in [3.05, 3.63) is 18.0 Å². The highest BCUT2D eigenvalue weighted by molar-refractivity contribution is 4.99. The SMILES string of the molecule is Cc1cnn(CCNCC2CCC2)c1. The molecule has 3 nitrogen and oxygen atoms in total. The van der Waals surface area contributed by atoms with Crippen LogP contribution in [0.15, 0.2) is 12.4 Å². The summed E-state index contributed by atoms with van der Waals surface area (Å²) < 4.78 is 2.00. The molecule has 0 unspecified atom stereocenters. The van der Waals surface area contributed by atoms with Gasteiger partial charge in [0.2, 0.25) is 0 Å². The lowest BCUT2D eigenvalue weighted by Crippen LogP contribution is -2.29. The Labute approximate surface area is 85.5 Å². The van der Waals surface area contributed by atoms with Crippen molar-refractivity contribution in [3.63, 3.8) is 0 Å². The number of rotatable bonds is 5. The molecule has 1 heterocycles. The van der Waals surface area contributed by atoms with Crippen LogP contribution in [-0.2, 0) is 6.54 Å². The van der Waals surface area contributed by atoms with Crippen molar-refractivity contribution in [2.45, 2.75) is 32.7 Å². The average Bonchev–Trinajstić information content (AvgIpc) is 2.48. The highest BCUT2D eigenvalue weighted by Gasteiger charge is 2.15. The van der Waals surface area contributed by atoms with E-state index in [0.29, 0.717) is 0 Å². The zero-order valence-electron chi connectivity index (χ0n) is 8.87. The van der Waals surface area contributed by atoms with Crippen LogP contribution in [-0.4, -0.2) is 22.9 Å². The Kier molecular flexibility index (Phi) is 3.19. The van der Waals surface area contributed by atoms with Crippen LogP contribution in [0.4, 0.5) is 0 Å². The fourth-order valence-corrected chi connectivity index (χ4v) is 1.79. The zero-order chi connectivity index (χ0) is 9.80. The van der Waals surface area contributed by atoms with E-state index in [9.17, 15) is 0 Å². The van der Waals surface area contributed by atoms with E-state index in [1.54, 1.807) is 0 Å². The highest BCUT2D eigenvalue weighted by atomic mass is 15.3. The second kappa shape index (κ2) is 4.60. The smallest absolute Gasteiger partial charge is 0.0534 e. The number of nitrogens with zero attached hydrogens (tertiary/aromatic N) is 2. The number of aromatic nitrogens is 2. The third-order valence-corrected chi connectivity index (χ3v) is 2.94. The van der Waals surface area contributed by atoms with Crippen LogP contribution in [0.2, 0.25) is 0 Å². The lowest BCUT2D eigenvalue weighted by Gasteiger charge is -2.25. The lowest BCUT2D eigenvalue weighted by molar-refractivity contribution is 0.300. The first-order chi connectivity index (χ1) is 6.84. The van der Waals surface area contributed by atoms with Gasteiger partial charge in [-0.15, -0.1) is 0 Å². The molecule has 1 fully saturated rings. The van der Waals surface area contributed by atoms with E-state index in [2.05, 4.69) is 23.5 Å². The molecule has 0 aromatic carbocycles. The Hall–Kier alpha value is -0.830. The average molecular weight is 193 g/mol. The topological polar surface area (TPSA) is 29.9 Å². The van der Waals surface area contributed by atoms with Crippen LogP contribution in [0.5, 0.6) is 0 Å². The minimum atomic E-state index is 0.953. The van der Waals surface area contributed by atoms with Crippen molar-refractivity contribution in [1.29, 1.82) is 0 Å². The van der Waals surface area contributed by atoms with Crippen LogP contribution >= 0.6 is 0 Å². The number of aryl methyl sites for hydroxylation is 1. The molecule has 1 aliphatic carbocycles. The molecule has 0 amide bonds. The molecule has 1 aromatic heterocycles. The molecule has 0 spiro atoms. The number of hydrogen-bond acceptors (Lipinski definition) is 2. The first-order valence-corrected chi connectivity index (χ1v) is 5.54. The summed E-state index contributed by atoms with van der Waals surface area (Å²) in [6, 6.07) is 0. The Morgan fingerprint density at radius 1 is 1.57 bits per heavy atom. The zero-order valence-corrected chi connectivity index (χ0v) is 8.87. The first-order valence-electron chi connectivity index (χ1n) is 5.54. The Morgan fingerprint density at radius 2 is 2.43 bits per heavy atom. The molecule has 0 saturated heterocycles. The Morgan fingerprint density at radius 3 is 3.00 bits per heavy atom. The molecule has 1 saturated carbocycles. The summed E-state index contributed by atoms with van der Waals surface area (Å²) in [6.45, 7) is 5.30. The maximum atomic E-state index is 4.24. The maximum absolute atomic E-state index is 4.24. The van der Waals surface area contributed by atoms with Gasteiger partial charge in [-0.3, -0.25) is 4.68 Å². The van der Waals surface area contributed by atoms with E-state index in [4.69, 9.17) is 0 Å². The van der Waals surface area contributed by atoms with Gasteiger partial charge in [-0.05, 0) is 37.8 Å². The summed E-state index contributed by atoms with van der Waals surface area (Å²) in [7, 11) is 0. The summed E-state index contributed by atoms with van der Waals surface area (Å²) in [6.07, 6.45) is 8.28. The van der Waals surface area contributed by atoms with Crippen molar-refractivity contribution >= 4 is 0 Å². The standard InChI is InChI=1S/C11H19N3/c1-10-7-13-14(9-10)6-5-12-8-11-3-2-4-11/h7,9,11-12H,2-6,8H2,1H3. The third-order valence-electron chi connectivity index (χ3n) is 2.94. The van der Waals surface area contributed by atoms with Crippen LogP contribution in [0.3, 0.4) is 0 Å². The Balaban J connectivity index is 1.58. The molecular weight excluding hydrogens is 174 g/mol. The van der Waals surface area contributed by atoms with Crippen molar-refractivity contribution < 1.29 is 0 Å². The Bertz CT molecular complexity index is 276. The summed E-state index contributed by atoms with van der Waals surface area (Å²) >= 11 is 0. The summed E-state index contributed by atoms with van der Waals surface area (Å²) in [4.78, 5) is 0. The van der Waals surface area contributed by atoms with E-state index in [-0.39, 0.29) is 0 Å². The van der Waals surface area contributed by atoms with Gasteiger partial charge < -0.3 is 5.32 Å². The van der Waals surface area contributed by atoms with Crippen molar-refractivity contribution in [1.82, 2.24) is 15.1 Å². The van der Waals surface area contributed by atoms with Crippen molar-refractivity contribution in [3.8, 4) is 0 Å². The molecular formula is C11H19N3. The number of hydrogen-bond donors (Lipinski definition) is 1. The fourth-order valence-electron chi connectivity index (χ4n) is 1.79. The summed E-state index contributed by atoms with van der Waals surface area (Å²) in [5, 5.41) is 7.73. The van der Waals surface area contributed by atoms with Gasteiger partial charge in [0.05, 0.1) is 12.7 Å². The molecule has 2 rings (SSSR count). The van der Waals surface area contributed by atoms with Crippen molar-refractivity contribution in [2.24, 2.45) is 5.92 Å². The van der Waals surface area contributed by atoms with E-state index in [1.165, 1.54) is 31.4 Å². The lowest BCUT2D eigenvalue weighted by atomic mass is 9.85. The molecule has 3 heteroatoms. The minimum absolute atomic E-state index is 0.953. The van der Waals surface area contributed by atoms with Gasteiger partial charge in [0.1, 0.15) is 0 Å². The molecule has 78 valence electrons. The van der Waals surface area contributed by atoms with Crippen LogP contribution < -0.4 is 5.32 Å². The predicted molar refractivity (Wildman–Crippen MR) is 57.2 cm³/mol. The van der Waals surface area contributed by atoms with Crippen LogP contribution in [0.25, 0.3) is 0 Å². The largest absolute Gasteiger partial charge is 0.315 e. The summed E-state index contributed by atoms with van der Waals surface area (Å²) in [5.41, 5.74) is 1.24. The molecule has 1 aromatic rings. The van der Waals surface area contributed by atoms with Gasteiger partial charge in [-0.1, -0.05) is 6.42 Å². The van der Waals surface area contributed by atoms with E-state index >= 15 is 0 Å². The van der Waals surface area contributed by atoms with Gasteiger partial charge in [0.15, 0.2) is 0 Å². The fraction of sp³-hybridized carbons (Fsp3) is 0.727. The van der Waals surface area contributed by atoms with E-state index in [0.717, 1.165) is 19.0 Å². The normalized spacial score (nSPS) is 16.9. The third kappa shape index (κ3) is 2.58. The van der Waals surface area contributed by atoms with Gasteiger partial charge in [0, 0.05) is 12.7 Å². The monoisotopic (exact) mass is 193 g/mol. The van der Waals surface area contributed by atoms with Gasteiger partial charge >= 0.3 is 0 Å². The summed E-state index contributed by atoms with van der Waals surface area (Å²) in [5.74, 6) is 0.953. The molecule has 1 N–H and O–H groups in total. The van der Waals surface area contributed by atoms with Crippen LogP contribution in [0, 0.1) is 12.8 Å². The molecule has 0 radical (unpaired) electrons. The molecule has 0 bridgehead atoms. The molecule has 0 aliphatic heterocycles. The van der Waals surface area contributed by atoms with Gasteiger partial charge in [0.25, 0.3) is 0 Å². The van der Waals surface area contributed by atoms with Crippen LogP contribution in [0.1, 0.15) is 24.8 Å². The maximum Gasteiger partial charge on any atom is 0.0534 e.